The van der Waals surface area contributed by atoms with Gasteiger partial charge in [0.1, 0.15) is 0 Å². The van der Waals surface area contributed by atoms with Crippen molar-refractivity contribution in [1.82, 2.24) is 0 Å². The second-order valence-electron chi connectivity index (χ2n) is 9.65. The van der Waals surface area contributed by atoms with Crippen molar-refractivity contribution < 1.29 is 4.79 Å². The Morgan fingerprint density at radius 1 is 1.20 bits per heavy atom. The smallest absolute Gasteiger partial charge is 0.155 e. The molecule has 4 aliphatic carbocycles. The number of hydrogen-bond donors (Lipinski definition) is 0. The summed E-state index contributed by atoms with van der Waals surface area (Å²) in [6.07, 6.45) is 13.5. The molecule has 0 aromatic heterocycles. The summed E-state index contributed by atoms with van der Waals surface area (Å²) in [5.41, 5.74) is 1.60. The molecule has 0 bridgehead atoms. The minimum atomic E-state index is -0.204. The van der Waals surface area contributed by atoms with Crippen molar-refractivity contribution in [3.8, 4) is 6.07 Å². The third-order valence-electron chi connectivity index (χ3n) is 9.03. The Labute approximate surface area is 152 Å². The number of rotatable bonds is 2. The first-order valence-corrected chi connectivity index (χ1v) is 10.2. The third kappa shape index (κ3) is 2.11. The first-order valence-electron chi connectivity index (χ1n) is 10.2. The molecule has 4 aliphatic rings. The molecule has 0 aliphatic heterocycles. The van der Waals surface area contributed by atoms with Crippen molar-refractivity contribution >= 4 is 5.78 Å². The first-order chi connectivity index (χ1) is 11.9. The van der Waals surface area contributed by atoms with Crippen molar-refractivity contribution in [2.75, 3.05) is 0 Å². The molecule has 3 fully saturated rings. The summed E-state index contributed by atoms with van der Waals surface area (Å²) in [5.74, 6) is 2.44. The summed E-state index contributed by atoms with van der Waals surface area (Å²) in [4.78, 5) is 11.9. The minimum Gasteiger partial charge on any atom is -0.295 e. The summed E-state index contributed by atoms with van der Waals surface area (Å²) in [5, 5.41) is 10.1. The fourth-order valence-electron chi connectivity index (χ4n) is 7.50. The lowest BCUT2D eigenvalue weighted by Gasteiger charge is -2.59. The topological polar surface area (TPSA) is 40.9 Å². The van der Waals surface area contributed by atoms with Crippen LogP contribution in [0.4, 0.5) is 0 Å². The first kappa shape index (κ1) is 17.1. The van der Waals surface area contributed by atoms with Gasteiger partial charge in [-0.1, -0.05) is 25.5 Å². The molecular formula is C23H31NO. The number of fused-ring (bicyclic) bond motifs is 5. The molecule has 134 valence electrons. The Bertz CT molecular complexity index is 685. The van der Waals surface area contributed by atoms with Gasteiger partial charge < -0.3 is 0 Å². The van der Waals surface area contributed by atoms with E-state index in [2.05, 4.69) is 26.5 Å². The highest BCUT2D eigenvalue weighted by Gasteiger charge is 2.64. The molecule has 0 aromatic rings. The molecule has 0 heterocycles. The van der Waals surface area contributed by atoms with E-state index in [0.29, 0.717) is 17.6 Å². The van der Waals surface area contributed by atoms with E-state index in [1.165, 1.54) is 24.8 Å². The third-order valence-corrected chi connectivity index (χ3v) is 9.03. The molecule has 6 atom stereocenters. The lowest BCUT2D eigenvalue weighted by molar-refractivity contribution is -0.117. The van der Waals surface area contributed by atoms with E-state index < -0.39 is 0 Å². The summed E-state index contributed by atoms with van der Waals surface area (Å²) < 4.78 is 0. The monoisotopic (exact) mass is 337 g/mol. The van der Waals surface area contributed by atoms with Crippen LogP contribution in [-0.4, -0.2) is 5.78 Å². The molecule has 0 saturated heterocycles. The van der Waals surface area contributed by atoms with Crippen molar-refractivity contribution in [1.29, 1.82) is 5.26 Å². The Balaban J connectivity index is 1.69. The van der Waals surface area contributed by atoms with Gasteiger partial charge in [-0.05, 0) is 86.0 Å². The Morgan fingerprint density at radius 3 is 2.68 bits per heavy atom. The highest BCUT2D eigenvalue weighted by atomic mass is 16.1. The lowest BCUT2D eigenvalue weighted by Crippen LogP contribution is -2.52. The van der Waals surface area contributed by atoms with E-state index in [0.717, 1.165) is 44.4 Å². The molecule has 0 aromatic carbocycles. The Kier molecular flexibility index (Phi) is 3.80. The van der Waals surface area contributed by atoms with Crippen LogP contribution in [0.3, 0.4) is 0 Å². The predicted molar refractivity (Wildman–Crippen MR) is 99.6 cm³/mol. The van der Waals surface area contributed by atoms with Gasteiger partial charge in [-0.3, -0.25) is 4.79 Å². The molecule has 0 N–H and O–H groups in total. The number of ketones is 1. The van der Waals surface area contributed by atoms with Crippen LogP contribution in [0.15, 0.2) is 24.3 Å². The Hall–Kier alpha value is -1.36. The number of nitrogens with zero attached hydrogens (tertiary/aromatic N) is 1. The van der Waals surface area contributed by atoms with Crippen LogP contribution < -0.4 is 0 Å². The van der Waals surface area contributed by atoms with Gasteiger partial charge in [0.05, 0.1) is 11.5 Å². The van der Waals surface area contributed by atoms with E-state index in [4.69, 9.17) is 0 Å². The van der Waals surface area contributed by atoms with Gasteiger partial charge in [-0.2, -0.15) is 5.26 Å². The van der Waals surface area contributed by atoms with Gasteiger partial charge >= 0.3 is 0 Å². The quantitative estimate of drug-likeness (QED) is 0.615. The molecule has 3 saturated carbocycles. The summed E-state index contributed by atoms with van der Waals surface area (Å²) in [6.45, 7) is 8.79. The molecular weight excluding hydrogens is 306 g/mol. The zero-order valence-corrected chi connectivity index (χ0v) is 15.8. The van der Waals surface area contributed by atoms with Crippen molar-refractivity contribution in [2.45, 2.75) is 71.6 Å². The number of carbonyl (C=O) groups excluding carboxylic acids is 1. The SMILES string of the molecule is C=CC[C@]1(C#N)CCC2C3CCC4=CC(=O)CC[C@]4(C)C3CC[C@@]21C. The maximum Gasteiger partial charge on any atom is 0.155 e. The number of nitriles is 1. The van der Waals surface area contributed by atoms with E-state index in [1.54, 1.807) is 0 Å². The summed E-state index contributed by atoms with van der Waals surface area (Å²) in [6, 6.07) is 2.76. The highest BCUT2D eigenvalue weighted by molar-refractivity contribution is 5.91. The zero-order chi connectivity index (χ0) is 17.9. The Morgan fingerprint density at radius 2 is 1.96 bits per heavy atom. The van der Waals surface area contributed by atoms with Crippen LogP contribution in [0.25, 0.3) is 0 Å². The van der Waals surface area contributed by atoms with Gasteiger partial charge in [0.15, 0.2) is 5.78 Å². The van der Waals surface area contributed by atoms with Crippen LogP contribution in [0.1, 0.15) is 71.6 Å². The molecule has 2 nitrogen and oxygen atoms in total. The van der Waals surface area contributed by atoms with Crippen LogP contribution in [-0.2, 0) is 4.79 Å². The molecule has 0 amide bonds. The van der Waals surface area contributed by atoms with Crippen molar-refractivity contribution in [3.63, 3.8) is 0 Å². The predicted octanol–water partition coefficient (Wildman–Crippen LogP) is 5.60. The van der Waals surface area contributed by atoms with Crippen molar-refractivity contribution in [3.05, 3.63) is 24.3 Å². The fraction of sp³-hybridized carbons (Fsp3) is 0.739. The summed E-state index contributed by atoms with van der Waals surface area (Å²) in [7, 11) is 0. The standard InChI is InChI=1S/C23H31NO/c1-4-10-23(15-24)13-9-20-18-6-5-16-14-17(25)7-11-21(16,2)19(18)8-12-22(20,23)3/h4,14,18-20H,1,5-13H2,2-3H3/t18?,19?,20?,21-,22-,23+/m0/s1. The zero-order valence-electron chi connectivity index (χ0n) is 15.8. The highest BCUT2D eigenvalue weighted by Crippen LogP contribution is 2.70. The minimum absolute atomic E-state index is 0.138. The molecule has 3 unspecified atom stereocenters. The van der Waals surface area contributed by atoms with E-state index in [9.17, 15) is 10.1 Å². The average Bonchev–Trinajstić information content (AvgIpc) is 2.89. The van der Waals surface area contributed by atoms with Crippen LogP contribution in [0, 0.1) is 45.3 Å². The second kappa shape index (κ2) is 5.57. The maximum absolute atomic E-state index is 11.9. The average molecular weight is 338 g/mol. The molecule has 25 heavy (non-hydrogen) atoms. The molecule has 0 radical (unpaired) electrons. The van der Waals surface area contributed by atoms with E-state index in [-0.39, 0.29) is 16.2 Å². The number of carbonyl (C=O) groups is 1. The van der Waals surface area contributed by atoms with Crippen LogP contribution >= 0.6 is 0 Å². The van der Waals surface area contributed by atoms with Crippen molar-refractivity contribution in [2.24, 2.45) is 34.0 Å². The van der Waals surface area contributed by atoms with Gasteiger partial charge in [0, 0.05) is 6.42 Å². The largest absolute Gasteiger partial charge is 0.295 e. The summed E-state index contributed by atoms with van der Waals surface area (Å²) >= 11 is 0. The van der Waals surface area contributed by atoms with Crippen LogP contribution in [0.5, 0.6) is 0 Å². The van der Waals surface area contributed by atoms with E-state index >= 15 is 0 Å². The number of allylic oxidation sites excluding steroid dienone is 2. The van der Waals surface area contributed by atoms with Gasteiger partial charge in [-0.25, -0.2) is 0 Å². The van der Waals surface area contributed by atoms with Gasteiger partial charge in [0.25, 0.3) is 0 Å². The normalized spacial score (nSPS) is 48.6. The molecule has 2 heteroatoms. The fourth-order valence-corrected chi connectivity index (χ4v) is 7.50. The van der Waals surface area contributed by atoms with Gasteiger partial charge in [-0.15, -0.1) is 6.58 Å². The van der Waals surface area contributed by atoms with Crippen LogP contribution in [0.2, 0.25) is 0 Å². The van der Waals surface area contributed by atoms with Gasteiger partial charge in [0.2, 0.25) is 0 Å². The number of hydrogen-bond acceptors (Lipinski definition) is 2. The maximum atomic E-state index is 11.9. The van der Waals surface area contributed by atoms with E-state index in [1.807, 2.05) is 12.2 Å². The molecule has 4 rings (SSSR count). The lowest BCUT2D eigenvalue weighted by atomic mass is 9.45. The second-order valence-corrected chi connectivity index (χ2v) is 9.65. The molecule has 0 spiro atoms.